The Balaban J connectivity index is 1.48. The molecule has 142 valence electrons. The highest BCUT2D eigenvalue weighted by molar-refractivity contribution is 7.17. The number of thiophene rings is 1. The van der Waals surface area contributed by atoms with E-state index in [0.29, 0.717) is 35.9 Å². The summed E-state index contributed by atoms with van der Waals surface area (Å²) in [6.45, 7) is 0.980. The molecule has 0 spiro atoms. The van der Waals surface area contributed by atoms with Gasteiger partial charge in [0.25, 0.3) is 5.91 Å². The van der Waals surface area contributed by atoms with Gasteiger partial charge in [0.15, 0.2) is 0 Å². The number of rotatable bonds is 4. The predicted molar refractivity (Wildman–Crippen MR) is 111 cm³/mol. The third kappa shape index (κ3) is 3.76. The van der Waals surface area contributed by atoms with Crippen molar-refractivity contribution in [3.8, 4) is 11.1 Å². The largest absolute Gasteiger partial charge is 0.376 e. The summed E-state index contributed by atoms with van der Waals surface area (Å²) < 4.78 is 5.42. The van der Waals surface area contributed by atoms with Gasteiger partial charge < -0.3 is 15.8 Å². The van der Waals surface area contributed by atoms with Gasteiger partial charge in [-0.15, -0.1) is 11.3 Å². The van der Waals surface area contributed by atoms with Crippen LogP contribution in [0.15, 0.2) is 54.6 Å². The van der Waals surface area contributed by atoms with Crippen LogP contribution in [0.4, 0.5) is 15.5 Å². The number of nitrogens with one attached hydrogen (secondary N) is 2. The number of benzene rings is 2. The summed E-state index contributed by atoms with van der Waals surface area (Å²) in [6, 6.07) is 17.1. The first-order chi connectivity index (χ1) is 13.6. The average Bonchev–Trinajstić information content (AvgIpc) is 3.07. The van der Waals surface area contributed by atoms with Crippen LogP contribution in [-0.4, -0.2) is 18.5 Å². The SMILES string of the molecule is NC(=O)c1c(NC(=O)Nc2ccc(-c3ccccc3)cc2)sc2c1CCOC2. The maximum atomic E-state index is 12.4. The topological polar surface area (TPSA) is 93.5 Å². The highest BCUT2D eigenvalue weighted by Gasteiger charge is 2.25. The molecule has 1 aromatic heterocycles. The van der Waals surface area contributed by atoms with Crippen molar-refractivity contribution in [1.29, 1.82) is 0 Å². The van der Waals surface area contributed by atoms with E-state index >= 15 is 0 Å². The molecule has 0 saturated carbocycles. The Morgan fingerprint density at radius 3 is 2.39 bits per heavy atom. The summed E-state index contributed by atoms with van der Waals surface area (Å²) in [6.07, 6.45) is 0.619. The molecule has 0 bridgehead atoms. The number of hydrogen-bond acceptors (Lipinski definition) is 4. The minimum absolute atomic E-state index is 0.387. The van der Waals surface area contributed by atoms with Gasteiger partial charge in [-0.05, 0) is 35.2 Å². The smallest absolute Gasteiger partial charge is 0.324 e. The standard InChI is InChI=1S/C21H19N3O3S/c22-19(25)18-16-10-11-27-12-17(16)28-20(18)24-21(26)23-15-8-6-14(7-9-15)13-4-2-1-3-5-13/h1-9H,10-12H2,(H2,22,25)(H2,23,24,26). The quantitative estimate of drug-likeness (QED) is 0.619. The van der Waals surface area contributed by atoms with Crippen molar-refractivity contribution in [2.45, 2.75) is 13.0 Å². The minimum atomic E-state index is -0.540. The summed E-state index contributed by atoms with van der Waals surface area (Å²) in [7, 11) is 0. The molecular weight excluding hydrogens is 374 g/mol. The Morgan fingerprint density at radius 1 is 0.964 bits per heavy atom. The van der Waals surface area contributed by atoms with E-state index < -0.39 is 11.9 Å². The van der Waals surface area contributed by atoms with Gasteiger partial charge in [0.05, 0.1) is 18.8 Å². The summed E-state index contributed by atoms with van der Waals surface area (Å²) in [5.74, 6) is -0.540. The fourth-order valence-corrected chi connectivity index (χ4v) is 4.41. The Bertz CT molecular complexity index is 1010. The second-order valence-electron chi connectivity index (χ2n) is 6.40. The van der Waals surface area contributed by atoms with E-state index in [4.69, 9.17) is 10.5 Å². The lowest BCUT2D eigenvalue weighted by atomic mass is 10.1. The van der Waals surface area contributed by atoms with Crippen LogP contribution in [-0.2, 0) is 17.8 Å². The number of urea groups is 1. The molecule has 1 aliphatic heterocycles. The second kappa shape index (κ2) is 7.84. The lowest BCUT2D eigenvalue weighted by Crippen LogP contribution is -2.22. The summed E-state index contributed by atoms with van der Waals surface area (Å²) in [5.41, 5.74) is 9.63. The molecule has 0 unspecified atom stereocenters. The predicted octanol–water partition coefficient (Wildman–Crippen LogP) is 4.23. The number of nitrogens with two attached hydrogens (primary N) is 1. The van der Waals surface area contributed by atoms with Crippen molar-refractivity contribution < 1.29 is 14.3 Å². The number of hydrogen-bond donors (Lipinski definition) is 3. The second-order valence-corrected chi connectivity index (χ2v) is 7.50. The fourth-order valence-electron chi connectivity index (χ4n) is 3.22. The van der Waals surface area contributed by atoms with Crippen molar-refractivity contribution in [1.82, 2.24) is 0 Å². The monoisotopic (exact) mass is 393 g/mol. The fraction of sp³-hybridized carbons (Fsp3) is 0.143. The molecule has 28 heavy (non-hydrogen) atoms. The van der Waals surface area contributed by atoms with Crippen LogP contribution in [0.3, 0.4) is 0 Å². The molecule has 0 saturated heterocycles. The van der Waals surface area contributed by atoms with Gasteiger partial charge in [0.1, 0.15) is 5.00 Å². The molecular formula is C21H19N3O3S. The normalized spacial score (nSPS) is 12.9. The number of ether oxygens (including phenoxy) is 1. The third-order valence-corrected chi connectivity index (χ3v) is 5.66. The number of carbonyl (C=O) groups excluding carboxylic acids is 2. The van der Waals surface area contributed by atoms with E-state index in [1.807, 2.05) is 54.6 Å². The molecule has 4 rings (SSSR count). The van der Waals surface area contributed by atoms with Crippen molar-refractivity contribution in [2.75, 3.05) is 17.2 Å². The first-order valence-electron chi connectivity index (χ1n) is 8.87. The van der Waals surface area contributed by atoms with E-state index in [1.54, 1.807) is 0 Å². The number of amides is 3. The zero-order chi connectivity index (χ0) is 19.5. The molecule has 0 radical (unpaired) electrons. The van der Waals surface area contributed by atoms with Crippen molar-refractivity contribution in [3.63, 3.8) is 0 Å². The lowest BCUT2D eigenvalue weighted by molar-refractivity contribution is 0.0991. The molecule has 7 heteroatoms. The Hall–Kier alpha value is -3.16. The van der Waals surface area contributed by atoms with Gasteiger partial charge in [0.2, 0.25) is 0 Å². The van der Waals surface area contributed by atoms with E-state index in [9.17, 15) is 9.59 Å². The highest BCUT2D eigenvalue weighted by Crippen LogP contribution is 2.36. The van der Waals surface area contributed by atoms with Crippen LogP contribution in [0.5, 0.6) is 0 Å². The molecule has 0 atom stereocenters. The van der Waals surface area contributed by atoms with Crippen LogP contribution in [0.25, 0.3) is 11.1 Å². The minimum Gasteiger partial charge on any atom is -0.376 e. The third-order valence-electron chi connectivity index (χ3n) is 4.54. The molecule has 6 nitrogen and oxygen atoms in total. The van der Waals surface area contributed by atoms with Crippen molar-refractivity contribution in [2.24, 2.45) is 5.73 Å². The zero-order valence-electron chi connectivity index (χ0n) is 15.0. The van der Waals surface area contributed by atoms with Crippen LogP contribution in [0, 0.1) is 0 Å². The number of primary amides is 1. The Labute approximate surface area is 166 Å². The molecule has 3 aromatic rings. The van der Waals surface area contributed by atoms with Crippen LogP contribution >= 0.6 is 11.3 Å². The number of anilines is 2. The highest BCUT2D eigenvalue weighted by atomic mass is 32.1. The van der Waals surface area contributed by atoms with Gasteiger partial charge in [-0.1, -0.05) is 42.5 Å². The van der Waals surface area contributed by atoms with E-state index in [0.717, 1.165) is 21.6 Å². The molecule has 3 amide bonds. The van der Waals surface area contributed by atoms with E-state index in [-0.39, 0.29) is 0 Å². The van der Waals surface area contributed by atoms with Crippen molar-refractivity contribution in [3.05, 3.63) is 70.6 Å². The molecule has 2 heterocycles. The van der Waals surface area contributed by atoms with Gasteiger partial charge in [-0.25, -0.2) is 4.79 Å². The summed E-state index contributed by atoms with van der Waals surface area (Å²) >= 11 is 1.33. The van der Waals surface area contributed by atoms with Crippen LogP contribution in [0.1, 0.15) is 20.8 Å². The van der Waals surface area contributed by atoms with Crippen LogP contribution in [0.2, 0.25) is 0 Å². The number of carbonyl (C=O) groups is 2. The van der Waals surface area contributed by atoms with E-state index in [2.05, 4.69) is 10.6 Å². The Morgan fingerprint density at radius 2 is 1.68 bits per heavy atom. The van der Waals surface area contributed by atoms with Crippen LogP contribution < -0.4 is 16.4 Å². The summed E-state index contributed by atoms with van der Waals surface area (Å²) in [4.78, 5) is 25.2. The number of fused-ring (bicyclic) bond motifs is 1. The molecule has 0 fully saturated rings. The zero-order valence-corrected chi connectivity index (χ0v) is 15.8. The van der Waals surface area contributed by atoms with Gasteiger partial charge in [0, 0.05) is 10.6 Å². The molecule has 2 aromatic carbocycles. The van der Waals surface area contributed by atoms with Crippen molar-refractivity contribution >= 4 is 34.0 Å². The first-order valence-corrected chi connectivity index (χ1v) is 9.69. The molecule has 1 aliphatic rings. The Kier molecular flexibility index (Phi) is 5.10. The molecule has 0 aliphatic carbocycles. The summed E-state index contributed by atoms with van der Waals surface area (Å²) in [5, 5.41) is 6.00. The van der Waals surface area contributed by atoms with E-state index in [1.165, 1.54) is 11.3 Å². The lowest BCUT2D eigenvalue weighted by Gasteiger charge is -2.12. The average molecular weight is 393 g/mol. The maximum Gasteiger partial charge on any atom is 0.324 e. The van der Waals surface area contributed by atoms with Gasteiger partial charge in [-0.3, -0.25) is 10.1 Å². The maximum absolute atomic E-state index is 12.4. The first kappa shape index (κ1) is 18.2. The molecule has 4 N–H and O–H groups in total. The van der Waals surface area contributed by atoms with Gasteiger partial charge >= 0.3 is 6.03 Å². The van der Waals surface area contributed by atoms with Gasteiger partial charge in [-0.2, -0.15) is 0 Å².